The summed E-state index contributed by atoms with van der Waals surface area (Å²) in [7, 11) is 0. The Kier molecular flexibility index (Phi) is 9.47. The van der Waals surface area contributed by atoms with Gasteiger partial charge in [0, 0.05) is 51.6 Å². The van der Waals surface area contributed by atoms with Crippen molar-refractivity contribution < 1.29 is 0 Å². The Bertz CT molecular complexity index is 2780. The highest BCUT2D eigenvalue weighted by Crippen LogP contribution is 2.42. The fourth-order valence-corrected chi connectivity index (χ4v) is 7.64. The molecule has 0 fully saturated rings. The van der Waals surface area contributed by atoms with Crippen LogP contribution in [0.3, 0.4) is 0 Å². The lowest BCUT2D eigenvalue weighted by atomic mass is 10.0. The number of benzene rings is 7. The van der Waals surface area contributed by atoms with Gasteiger partial charge in [-0.05, 0) is 84.4 Å². The molecule has 0 saturated carbocycles. The fraction of sp³-hybridized carbons (Fsp3) is 0. The second-order valence-corrected chi connectivity index (χ2v) is 14.2. The van der Waals surface area contributed by atoms with Crippen molar-refractivity contribution >= 4 is 17.1 Å². The summed E-state index contributed by atoms with van der Waals surface area (Å²) in [6.45, 7) is 0. The molecule has 0 spiro atoms. The van der Waals surface area contributed by atoms with Crippen LogP contribution in [0.2, 0.25) is 0 Å². The third kappa shape index (κ3) is 7.11. The van der Waals surface area contributed by atoms with E-state index >= 15 is 0 Å². The van der Waals surface area contributed by atoms with Crippen molar-refractivity contribution in [2.24, 2.45) is 0 Å². The van der Waals surface area contributed by atoms with E-state index < -0.39 is 0 Å². The van der Waals surface area contributed by atoms with E-state index in [0.717, 1.165) is 84.6 Å². The summed E-state index contributed by atoms with van der Waals surface area (Å²) in [5.41, 5.74) is 15.4. The second-order valence-electron chi connectivity index (χ2n) is 14.2. The number of hydrogen-bond acceptors (Lipinski definition) is 4. The van der Waals surface area contributed by atoms with Gasteiger partial charge in [-0.15, -0.1) is 0 Å². The first-order valence-corrected chi connectivity index (χ1v) is 19.7. The van der Waals surface area contributed by atoms with Crippen LogP contribution >= 0.6 is 0 Å². The molecule has 0 aliphatic heterocycles. The molecule has 0 aliphatic rings. The third-order valence-corrected chi connectivity index (χ3v) is 10.5. The summed E-state index contributed by atoms with van der Waals surface area (Å²) in [4.78, 5) is 6.62. The number of hydrogen-bond donors (Lipinski definition) is 0. The molecule has 59 heavy (non-hydrogen) atoms. The van der Waals surface area contributed by atoms with Crippen molar-refractivity contribution in [1.29, 1.82) is 0 Å². The van der Waals surface area contributed by atoms with E-state index in [2.05, 4.69) is 204 Å². The molecule has 6 nitrogen and oxygen atoms in total. The predicted octanol–water partition coefficient (Wildman–Crippen LogP) is 13.3. The zero-order chi connectivity index (χ0) is 39.4. The number of anilines is 3. The Morgan fingerprint density at radius 1 is 0.339 bits per heavy atom. The highest BCUT2D eigenvalue weighted by molar-refractivity contribution is 5.88. The summed E-state index contributed by atoms with van der Waals surface area (Å²) < 4.78 is 4.09. The lowest BCUT2D eigenvalue weighted by Crippen LogP contribution is -2.12. The van der Waals surface area contributed by atoms with Crippen LogP contribution in [-0.2, 0) is 0 Å². The molecule has 0 N–H and O–H groups in total. The smallest absolute Gasteiger partial charge is 0.0934 e. The van der Waals surface area contributed by atoms with Gasteiger partial charge in [0.2, 0.25) is 0 Å². The third-order valence-electron chi connectivity index (χ3n) is 10.5. The molecular weight excluding hydrogens is 721 g/mol. The van der Waals surface area contributed by atoms with Gasteiger partial charge in [0.05, 0.1) is 39.8 Å². The number of aromatic nitrogens is 5. The lowest BCUT2D eigenvalue weighted by molar-refractivity contribution is 0.891. The van der Waals surface area contributed by atoms with Crippen LogP contribution in [0.4, 0.5) is 17.1 Å². The molecule has 280 valence electrons. The number of pyridine rings is 1. The second kappa shape index (κ2) is 15.8. The minimum atomic E-state index is 0.921. The van der Waals surface area contributed by atoms with Gasteiger partial charge in [0.15, 0.2) is 0 Å². The molecule has 0 amide bonds. The average molecular weight is 759 g/mol. The van der Waals surface area contributed by atoms with Gasteiger partial charge in [-0.25, -0.2) is 9.36 Å². The molecule has 0 bridgehead atoms. The van der Waals surface area contributed by atoms with Crippen LogP contribution in [0.25, 0.3) is 67.5 Å². The molecule has 10 rings (SSSR count). The number of nitrogens with zero attached hydrogens (tertiary/aromatic N) is 6. The number of rotatable bonds is 10. The fourth-order valence-electron chi connectivity index (χ4n) is 7.64. The quantitative estimate of drug-likeness (QED) is 0.139. The number of para-hydroxylation sites is 1. The molecule has 0 saturated heterocycles. The Morgan fingerprint density at radius 2 is 0.729 bits per heavy atom. The topological polar surface area (TPSA) is 51.8 Å². The first-order valence-electron chi connectivity index (χ1n) is 19.7. The molecule has 10 aromatic rings. The van der Waals surface area contributed by atoms with Gasteiger partial charge in [-0.2, -0.15) is 10.2 Å². The molecule has 0 unspecified atom stereocenters. The van der Waals surface area contributed by atoms with Crippen LogP contribution < -0.4 is 4.90 Å². The van der Waals surface area contributed by atoms with E-state index in [1.807, 2.05) is 46.0 Å². The Balaban J connectivity index is 1.08. The minimum absolute atomic E-state index is 0.921. The van der Waals surface area contributed by atoms with Crippen molar-refractivity contribution in [3.8, 4) is 67.5 Å². The van der Waals surface area contributed by atoms with E-state index in [1.54, 1.807) is 0 Å². The molecule has 3 heterocycles. The van der Waals surface area contributed by atoms with Gasteiger partial charge < -0.3 is 4.90 Å². The zero-order valence-corrected chi connectivity index (χ0v) is 32.1. The molecule has 6 heteroatoms. The van der Waals surface area contributed by atoms with Gasteiger partial charge in [-0.1, -0.05) is 140 Å². The molecule has 3 aromatic heterocycles. The normalized spacial score (nSPS) is 11.1. The first-order chi connectivity index (χ1) is 29.3. The maximum Gasteiger partial charge on any atom is 0.0934 e. The highest BCUT2D eigenvalue weighted by atomic mass is 15.3. The van der Waals surface area contributed by atoms with E-state index in [4.69, 9.17) is 10.2 Å². The molecular formula is C53H38N6. The Morgan fingerprint density at radius 3 is 1.17 bits per heavy atom. The van der Waals surface area contributed by atoms with Crippen molar-refractivity contribution in [1.82, 2.24) is 24.5 Å². The van der Waals surface area contributed by atoms with E-state index in [-0.39, 0.29) is 0 Å². The van der Waals surface area contributed by atoms with Gasteiger partial charge in [-0.3, -0.25) is 4.98 Å². The summed E-state index contributed by atoms with van der Waals surface area (Å²) in [6, 6.07) is 75.9. The van der Waals surface area contributed by atoms with Gasteiger partial charge >= 0.3 is 0 Å². The van der Waals surface area contributed by atoms with Crippen LogP contribution in [0.5, 0.6) is 0 Å². The van der Waals surface area contributed by atoms with Crippen LogP contribution in [0.15, 0.2) is 231 Å². The molecule has 0 aliphatic carbocycles. The van der Waals surface area contributed by atoms with E-state index in [9.17, 15) is 0 Å². The van der Waals surface area contributed by atoms with Gasteiger partial charge in [0.1, 0.15) is 0 Å². The van der Waals surface area contributed by atoms with Gasteiger partial charge in [0.25, 0.3) is 0 Å². The molecule has 0 radical (unpaired) electrons. The molecule has 0 atom stereocenters. The Hall–Kier alpha value is -8.09. The summed E-state index contributed by atoms with van der Waals surface area (Å²) >= 11 is 0. The largest absolute Gasteiger partial charge is 0.310 e. The van der Waals surface area contributed by atoms with Crippen LogP contribution in [-0.4, -0.2) is 24.5 Å². The zero-order valence-electron chi connectivity index (χ0n) is 32.1. The van der Waals surface area contributed by atoms with Crippen molar-refractivity contribution in [2.75, 3.05) is 4.90 Å². The maximum absolute atomic E-state index is 5.15. The van der Waals surface area contributed by atoms with Crippen LogP contribution in [0, 0.1) is 0 Å². The van der Waals surface area contributed by atoms with Crippen molar-refractivity contribution in [3.63, 3.8) is 0 Å². The van der Waals surface area contributed by atoms with Crippen LogP contribution in [0.1, 0.15) is 0 Å². The summed E-state index contributed by atoms with van der Waals surface area (Å²) in [5.74, 6) is 0. The van der Waals surface area contributed by atoms with Crippen molar-refractivity contribution in [3.05, 3.63) is 231 Å². The summed E-state index contributed by atoms with van der Waals surface area (Å²) in [6.07, 6.45) is 3.69. The maximum atomic E-state index is 5.15. The predicted molar refractivity (Wildman–Crippen MR) is 240 cm³/mol. The SMILES string of the molecule is c1ccc(-c2cc(-c3ccccc3)n(-c3ccc(N(c4ccc(-n5nc(-c6ccccc6)cc5-c5ccccc5)cc4)c4ccccc4-c4ccncc4)cc3)n2)cc1. The monoisotopic (exact) mass is 758 g/mol. The minimum Gasteiger partial charge on any atom is -0.310 e. The summed E-state index contributed by atoms with van der Waals surface area (Å²) in [5, 5.41) is 10.3. The lowest BCUT2D eigenvalue weighted by Gasteiger charge is -2.28. The standard InChI is InChI=1S/C53H38N6/c1-5-15-40(16-6-1)49-37-52(42-19-9-3-10-20-42)58(55-49)46-29-25-44(26-30-46)57(51-24-14-13-23-48(51)39-33-35-54-36-34-39)45-27-31-47(32-28-45)59-53(43-21-11-4-12-22-43)38-50(56-59)41-17-7-2-8-18-41/h1-38H. The highest BCUT2D eigenvalue weighted by Gasteiger charge is 2.20. The first kappa shape index (κ1) is 35.3. The van der Waals surface area contributed by atoms with E-state index in [1.165, 1.54) is 0 Å². The van der Waals surface area contributed by atoms with E-state index in [0.29, 0.717) is 0 Å². The van der Waals surface area contributed by atoms with Crippen molar-refractivity contribution in [2.45, 2.75) is 0 Å². The Labute approximate surface area is 343 Å². The molecule has 7 aromatic carbocycles. The average Bonchev–Trinajstić information content (AvgIpc) is 3.98.